The third-order valence-corrected chi connectivity index (χ3v) is 6.20. The number of ether oxygens (including phenoxy) is 1. The van der Waals surface area contributed by atoms with Gasteiger partial charge >= 0.3 is 5.97 Å². The van der Waals surface area contributed by atoms with Gasteiger partial charge in [-0.05, 0) is 70.2 Å². The number of amides is 1. The van der Waals surface area contributed by atoms with Crippen molar-refractivity contribution in [3.8, 4) is 0 Å². The van der Waals surface area contributed by atoms with E-state index in [-0.39, 0.29) is 16.5 Å². The summed E-state index contributed by atoms with van der Waals surface area (Å²) in [6.07, 6.45) is -1.07. The fourth-order valence-corrected chi connectivity index (χ4v) is 4.21. The van der Waals surface area contributed by atoms with Crippen molar-refractivity contribution in [2.45, 2.75) is 51.3 Å². The van der Waals surface area contributed by atoms with E-state index in [0.29, 0.717) is 17.7 Å². The number of aryl methyl sites for hydroxylation is 1. The molecule has 0 bridgehead atoms. The van der Waals surface area contributed by atoms with Gasteiger partial charge in [0.25, 0.3) is 5.91 Å². The first-order chi connectivity index (χ1) is 15.1. The van der Waals surface area contributed by atoms with Crippen LogP contribution in [0, 0.1) is 0 Å². The van der Waals surface area contributed by atoms with Gasteiger partial charge in [0.15, 0.2) is 6.10 Å². The van der Waals surface area contributed by atoms with E-state index in [1.807, 2.05) is 6.92 Å². The highest BCUT2D eigenvalue weighted by Gasteiger charge is 2.21. The molecule has 11 heteroatoms. The molecule has 0 unspecified atom stereocenters. The molecule has 0 saturated carbocycles. The Kier molecular flexibility index (Phi) is 6.90. The van der Waals surface area contributed by atoms with Crippen LogP contribution in [0.25, 0.3) is 11.0 Å². The van der Waals surface area contributed by atoms with Crippen molar-refractivity contribution in [1.29, 1.82) is 0 Å². The molecule has 3 aromatic rings. The number of anilines is 1. The molecular formula is C21H25N5O5S. The zero-order valence-corrected chi connectivity index (χ0v) is 19.0. The zero-order chi connectivity index (χ0) is 23.5. The molecule has 1 heterocycles. The van der Waals surface area contributed by atoms with Crippen molar-refractivity contribution in [1.82, 2.24) is 19.7 Å². The van der Waals surface area contributed by atoms with Gasteiger partial charge in [-0.2, -0.15) is 0 Å². The number of nitrogens with zero attached hydrogens (tertiary/aromatic N) is 3. The van der Waals surface area contributed by atoms with E-state index < -0.39 is 28.0 Å². The Morgan fingerprint density at radius 2 is 1.78 bits per heavy atom. The van der Waals surface area contributed by atoms with Crippen LogP contribution >= 0.6 is 0 Å². The summed E-state index contributed by atoms with van der Waals surface area (Å²) in [5.41, 5.74) is 1.98. The number of esters is 1. The van der Waals surface area contributed by atoms with Crippen molar-refractivity contribution in [2.24, 2.45) is 0 Å². The third kappa shape index (κ3) is 5.29. The molecule has 0 fully saturated rings. The first-order valence-electron chi connectivity index (χ1n) is 10.1. The molecule has 0 radical (unpaired) electrons. The fraction of sp³-hybridized carbons (Fsp3) is 0.333. The molecule has 3 rings (SSSR count). The number of carbonyl (C=O) groups is 2. The van der Waals surface area contributed by atoms with Gasteiger partial charge in [-0.15, -0.1) is 5.10 Å². The molecule has 1 atom stereocenters. The van der Waals surface area contributed by atoms with E-state index in [9.17, 15) is 18.0 Å². The highest BCUT2D eigenvalue weighted by atomic mass is 32.2. The van der Waals surface area contributed by atoms with E-state index in [0.717, 1.165) is 5.52 Å². The average Bonchev–Trinajstić information content (AvgIpc) is 3.15. The van der Waals surface area contributed by atoms with Crippen molar-refractivity contribution >= 4 is 38.6 Å². The standard InChI is InChI=1S/C21H25N5O5S/c1-5-26-19-11-6-15(12-18(19)23-25-26)21(28)31-14(4)20(27)22-16-7-9-17(10-8-16)32(29,30)24-13(2)3/h6-14,24H,5H2,1-4H3,(H,22,27)/t14-/m0/s1. The SMILES string of the molecule is CCn1nnc2cc(C(=O)O[C@@H](C)C(=O)Nc3ccc(S(=O)(=O)NC(C)C)cc3)ccc21. The van der Waals surface area contributed by atoms with Gasteiger partial charge in [-0.3, -0.25) is 4.79 Å². The zero-order valence-electron chi connectivity index (χ0n) is 18.2. The summed E-state index contributed by atoms with van der Waals surface area (Å²) < 4.78 is 33.8. The van der Waals surface area contributed by atoms with E-state index in [1.54, 1.807) is 36.7 Å². The van der Waals surface area contributed by atoms with E-state index in [2.05, 4.69) is 20.4 Å². The van der Waals surface area contributed by atoms with Crippen molar-refractivity contribution in [2.75, 3.05) is 5.32 Å². The molecular weight excluding hydrogens is 434 g/mol. The molecule has 2 aromatic carbocycles. The lowest BCUT2D eigenvalue weighted by Gasteiger charge is -2.14. The summed E-state index contributed by atoms with van der Waals surface area (Å²) in [6.45, 7) is 7.48. The third-order valence-electron chi connectivity index (χ3n) is 4.53. The first kappa shape index (κ1) is 23.4. The van der Waals surface area contributed by atoms with Gasteiger partial charge < -0.3 is 10.1 Å². The van der Waals surface area contributed by atoms with Gasteiger partial charge in [0.1, 0.15) is 5.52 Å². The molecule has 0 spiro atoms. The molecule has 10 nitrogen and oxygen atoms in total. The maximum atomic E-state index is 12.4. The number of rotatable bonds is 8. The van der Waals surface area contributed by atoms with Crippen LogP contribution in [0.15, 0.2) is 47.4 Å². The molecule has 0 aliphatic carbocycles. The first-order valence-corrected chi connectivity index (χ1v) is 11.6. The number of sulfonamides is 1. The Bertz CT molecular complexity index is 1240. The number of carbonyl (C=O) groups excluding carboxylic acids is 2. The van der Waals surface area contributed by atoms with Crippen LogP contribution in [0.2, 0.25) is 0 Å². The minimum absolute atomic E-state index is 0.0825. The number of aromatic nitrogens is 3. The summed E-state index contributed by atoms with van der Waals surface area (Å²) in [6, 6.07) is 10.3. The van der Waals surface area contributed by atoms with Gasteiger partial charge in [0, 0.05) is 18.3 Å². The lowest BCUT2D eigenvalue weighted by atomic mass is 10.2. The Hall–Kier alpha value is -3.31. The molecule has 0 aliphatic heterocycles. The molecule has 1 aromatic heterocycles. The number of hydrogen-bond acceptors (Lipinski definition) is 7. The minimum Gasteiger partial charge on any atom is -0.449 e. The fourth-order valence-electron chi connectivity index (χ4n) is 2.95. The number of fused-ring (bicyclic) bond motifs is 1. The summed E-state index contributed by atoms with van der Waals surface area (Å²) in [7, 11) is -3.63. The van der Waals surface area contributed by atoms with Crippen LogP contribution in [0.1, 0.15) is 38.1 Å². The van der Waals surface area contributed by atoms with Gasteiger partial charge in [-0.1, -0.05) is 5.21 Å². The quantitative estimate of drug-likeness (QED) is 0.494. The molecule has 0 saturated heterocycles. The van der Waals surface area contributed by atoms with Crippen LogP contribution in [0.3, 0.4) is 0 Å². The molecule has 32 heavy (non-hydrogen) atoms. The maximum Gasteiger partial charge on any atom is 0.338 e. The van der Waals surface area contributed by atoms with Crippen LogP contribution < -0.4 is 10.0 Å². The molecule has 2 N–H and O–H groups in total. The maximum absolute atomic E-state index is 12.4. The highest BCUT2D eigenvalue weighted by molar-refractivity contribution is 7.89. The largest absolute Gasteiger partial charge is 0.449 e. The van der Waals surface area contributed by atoms with Crippen LogP contribution in [-0.4, -0.2) is 47.4 Å². The van der Waals surface area contributed by atoms with Crippen LogP contribution in [-0.2, 0) is 26.1 Å². The average molecular weight is 460 g/mol. The van der Waals surface area contributed by atoms with Crippen LogP contribution in [0.5, 0.6) is 0 Å². The monoisotopic (exact) mass is 459 g/mol. The van der Waals surface area contributed by atoms with E-state index in [4.69, 9.17) is 4.74 Å². The Morgan fingerprint density at radius 3 is 2.41 bits per heavy atom. The second kappa shape index (κ2) is 9.45. The smallest absolute Gasteiger partial charge is 0.338 e. The van der Waals surface area contributed by atoms with Crippen molar-refractivity contribution in [3.63, 3.8) is 0 Å². The molecule has 170 valence electrons. The second-order valence-electron chi connectivity index (χ2n) is 7.45. The lowest BCUT2D eigenvalue weighted by Crippen LogP contribution is -2.30. The number of benzene rings is 2. The highest BCUT2D eigenvalue weighted by Crippen LogP contribution is 2.17. The van der Waals surface area contributed by atoms with Gasteiger partial charge in [0.2, 0.25) is 10.0 Å². The number of hydrogen-bond donors (Lipinski definition) is 2. The Labute approximate surface area is 186 Å². The van der Waals surface area contributed by atoms with Crippen molar-refractivity contribution in [3.05, 3.63) is 48.0 Å². The topological polar surface area (TPSA) is 132 Å². The molecule has 1 amide bonds. The van der Waals surface area contributed by atoms with Gasteiger partial charge in [-0.25, -0.2) is 22.6 Å². The Balaban J connectivity index is 1.62. The summed E-state index contributed by atoms with van der Waals surface area (Å²) in [5, 5.41) is 10.6. The van der Waals surface area contributed by atoms with Crippen LogP contribution in [0.4, 0.5) is 5.69 Å². The summed E-state index contributed by atoms with van der Waals surface area (Å²) in [4.78, 5) is 24.9. The molecule has 0 aliphatic rings. The summed E-state index contributed by atoms with van der Waals surface area (Å²) in [5.74, 6) is -1.21. The Morgan fingerprint density at radius 1 is 1.09 bits per heavy atom. The lowest BCUT2D eigenvalue weighted by molar-refractivity contribution is -0.123. The normalized spacial score (nSPS) is 12.7. The predicted molar refractivity (Wildman–Crippen MR) is 119 cm³/mol. The summed E-state index contributed by atoms with van der Waals surface area (Å²) >= 11 is 0. The second-order valence-corrected chi connectivity index (χ2v) is 9.16. The number of nitrogens with one attached hydrogen (secondary N) is 2. The minimum atomic E-state index is -3.63. The van der Waals surface area contributed by atoms with Crippen molar-refractivity contribution < 1.29 is 22.7 Å². The predicted octanol–water partition coefficient (Wildman–Crippen LogP) is 2.32. The van der Waals surface area contributed by atoms with E-state index >= 15 is 0 Å². The van der Waals surface area contributed by atoms with E-state index in [1.165, 1.54) is 31.2 Å². The van der Waals surface area contributed by atoms with Gasteiger partial charge in [0.05, 0.1) is 16.0 Å².